The van der Waals surface area contributed by atoms with Gasteiger partial charge in [0.25, 0.3) is 5.91 Å². The number of nitrogens with one attached hydrogen (secondary N) is 2. The van der Waals surface area contributed by atoms with Crippen LogP contribution in [-0.4, -0.2) is 43.9 Å². The second-order valence-corrected chi connectivity index (χ2v) is 9.59. The van der Waals surface area contributed by atoms with E-state index >= 15 is 0 Å². The number of carboxylic acids is 1. The van der Waals surface area contributed by atoms with Gasteiger partial charge in [-0.15, -0.1) is 0 Å². The molecule has 2 aromatic carbocycles. The molecule has 0 saturated heterocycles. The van der Waals surface area contributed by atoms with Gasteiger partial charge in [-0.1, -0.05) is 19.3 Å². The summed E-state index contributed by atoms with van der Waals surface area (Å²) in [5, 5.41) is 16.1. The fraction of sp³-hybridized carbons (Fsp3) is 0.448. The zero-order chi connectivity index (χ0) is 26.2. The highest BCUT2D eigenvalue weighted by molar-refractivity contribution is 5.94. The Kier molecular flexibility index (Phi) is 9.06. The molecule has 0 spiro atoms. The summed E-state index contributed by atoms with van der Waals surface area (Å²) < 4.78 is 17.3. The van der Waals surface area contributed by atoms with E-state index in [0.29, 0.717) is 24.7 Å². The highest BCUT2D eigenvalue weighted by atomic mass is 16.5. The Hall–Kier alpha value is -3.52. The van der Waals surface area contributed by atoms with Crippen LogP contribution in [0.5, 0.6) is 5.75 Å². The van der Waals surface area contributed by atoms with Crippen molar-refractivity contribution in [2.45, 2.75) is 51.5 Å². The third-order valence-electron chi connectivity index (χ3n) is 7.00. The largest absolute Gasteiger partial charge is 0.491 e. The standard InChI is InChI=1S/C29H36N2O6/c1-19-24-18-23(36-17-16-35-2)12-13-25(24)37-28(19)27(20-6-4-3-5-7-20)31-22-10-8-21(9-11-22)29(34)30-15-14-26(32)33/h8-13,18,20,27,31H,3-7,14-17H2,1-2H3,(H,30,34)(H,32,33). The van der Waals surface area contributed by atoms with Crippen LogP contribution in [0.25, 0.3) is 11.0 Å². The number of anilines is 1. The minimum Gasteiger partial charge on any atom is -0.491 e. The minimum absolute atomic E-state index is 0.000743. The third kappa shape index (κ3) is 6.83. The van der Waals surface area contributed by atoms with Crippen molar-refractivity contribution < 1.29 is 28.6 Å². The van der Waals surface area contributed by atoms with E-state index in [1.807, 2.05) is 30.3 Å². The molecule has 1 fully saturated rings. The average Bonchev–Trinajstić information content (AvgIpc) is 3.23. The van der Waals surface area contributed by atoms with Gasteiger partial charge >= 0.3 is 5.97 Å². The van der Waals surface area contributed by atoms with Gasteiger partial charge in [-0.25, -0.2) is 0 Å². The fourth-order valence-corrected chi connectivity index (χ4v) is 5.00. The molecule has 1 heterocycles. The number of methoxy groups -OCH3 is 1. The highest BCUT2D eigenvalue weighted by Gasteiger charge is 2.30. The number of carboxylic acid groups (broad SMARTS) is 1. The molecule has 198 valence electrons. The Morgan fingerprint density at radius 1 is 1.08 bits per heavy atom. The van der Waals surface area contributed by atoms with Crippen molar-refractivity contribution in [2.24, 2.45) is 5.92 Å². The van der Waals surface area contributed by atoms with Gasteiger partial charge in [-0.05, 0) is 68.1 Å². The number of furan rings is 1. The molecule has 1 aliphatic carbocycles. The van der Waals surface area contributed by atoms with Crippen LogP contribution in [-0.2, 0) is 9.53 Å². The van der Waals surface area contributed by atoms with Crippen LogP contribution in [0.4, 0.5) is 5.69 Å². The highest BCUT2D eigenvalue weighted by Crippen LogP contribution is 2.41. The summed E-state index contributed by atoms with van der Waals surface area (Å²) in [5.41, 5.74) is 3.33. The molecule has 0 aliphatic heterocycles. The molecular weight excluding hydrogens is 472 g/mol. The first-order chi connectivity index (χ1) is 18.0. The quantitative estimate of drug-likeness (QED) is 0.269. The maximum absolute atomic E-state index is 12.3. The topological polar surface area (TPSA) is 110 Å². The van der Waals surface area contributed by atoms with Crippen molar-refractivity contribution in [2.75, 3.05) is 32.2 Å². The smallest absolute Gasteiger partial charge is 0.305 e. The zero-order valence-electron chi connectivity index (χ0n) is 21.5. The van der Waals surface area contributed by atoms with E-state index in [-0.39, 0.29) is 24.9 Å². The van der Waals surface area contributed by atoms with Crippen LogP contribution in [0.1, 0.15) is 66.2 Å². The van der Waals surface area contributed by atoms with Gasteiger partial charge in [0.15, 0.2) is 0 Å². The monoisotopic (exact) mass is 508 g/mol. The molecule has 1 aromatic heterocycles. The molecule has 1 unspecified atom stereocenters. The van der Waals surface area contributed by atoms with E-state index < -0.39 is 5.97 Å². The summed E-state index contributed by atoms with van der Waals surface area (Å²) in [5.74, 6) is 0.938. The molecule has 1 aliphatic rings. The molecule has 1 atom stereocenters. The molecule has 1 amide bonds. The Morgan fingerprint density at radius 2 is 1.84 bits per heavy atom. The summed E-state index contributed by atoms with van der Waals surface area (Å²) in [6.07, 6.45) is 5.82. The number of carbonyl (C=O) groups excluding carboxylic acids is 1. The Morgan fingerprint density at radius 3 is 2.54 bits per heavy atom. The number of hydrogen-bond donors (Lipinski definition) is 3. The normalized spacial score (nSPS) is 14.9. The third-order valence-corrected chi connectivity index (χ3v) is 7.00. The van der Waals surface area contributed by atoms with E-state index in [1.165, 1.54) is 19.3 Å². The Balaban J connectivity index is 1.55. The summed E-state index contributed by atoms with van der Waals surface area (Å²) in [6, 6.07) is 13.2. The fourth-order valence-electron chi connectivity index (χ4n) is 5.00. The van der Waals surface area contributed by atoms with Gasteiger partial charge in [-0.2, -0.15) is 0 Å². The van der Waals surface area contributed by atoms with Crippen LogP contribution in [0.15, 0.2) is 46.9 Å². The SMILES string of the molecule is COCCOc1ccc2oc(C(Nc3ccc(C(=O)NCCC(=O)O)cc3)C3CCCCC3)c(C)c2c1. The molecule has 8 nitrogen and oxygen atoms in total. The van der Waals surface area contributed by atoms with Gasteiger partial charge in [0.05, 0.1) is 19.1 Å². The lowest BCUT2D eigenvalue weighted by molar-refractivity contribution is -0.136. The lowest BCUT2D eigenvalue weighted by atomic mass is 9.82. The van der Waals surface area contributed by atoms with E-state index in [9.17, 15) is 9.59 Å². The number of rotatable bonds is 12. The van der Waals surface area contributed by atoms with Gasteiger partial charge in [-0.3, -0.25) is 9.59 Å². The van der Waals surface area contributed by atoms with Crippen LogP contribution >= 0.6 is 0 Å². The van der Waals surface area contributed by atoms with E-state index in [1.54, 1.807) is 19.2 Å². The maximum atomic E-state index is 12.3. The van der Waals surface area contributed by atoms with Crippen LogP contribution in [0, 0.1) is 12.8 Å². The molecule has 8 heteroatoms. The molecule has 1 saturated carbocycles. The lowest BCUT2D eigenvalue weighted by Crippen LogP contribution is -2.26. The van der Waals surface area contributed by atoms with Crippen molar-refractivity contribution >= 4 is 28.5 Å². The van der Waals surface area contributed by atoms with Gasteiger partial charge in [0.2, 0.25) is 0 Å². The van der Waals surface area contributed by atoms with Gasteiger partial charge in [0, 0.05) is 35.9 Å². The van der Waals surface area contributed by atoms with Crippen molar-refractivity contribution in [3.63, 3.8) is 0 Å². The number of aryl methyl sites for hydroxylation is 1. The Labute approximate surface area is 217 Å². The first-order valence-corrected chi connectivity index (χ1v) is 13.0. The number of fused-ring (bicyclic) bond motifs is 1. The summed E-state index contributed by atoms with van der Waals surface area (Å²) in [6.45, 7) is 3.22. The number of hydrogen-bond acceptors (Lipinski definition) is 6. The van der Waals surface area contributed by atoms with Crippen molar-refractivity contribution in [1.29, 1.82) is 0 Å². The first kappa shape index (κ1) is 26.5. The van der Waals surface area contributed by atoms with Gasteiger partial charge in [0.1, 0.15) is 23.7 Å². The second-order valence-electron chi connectivity index (χ2n) is 9.59. The molecule has 3 N–H and O–H groups in total. The number of carbonyl (C=O) groups is 2. The molecule has 4 rings (SSSR count). The van der Waals surface area contributed by atoms with Gasteiger partial charge < -0.3 is 29.6 Å². The van der Waals surface area contributed by atoms with E-state index in [0.717, 1.165) is 46.6 Å². The Bertz CT molecular complexity index is 1200. The maximum Gasteiger partial charge on any atom is 0.305 e. The van der Waals surface area contributed by atoms with Crippen molar-refractivity contribution in [3.05, 3.63) is 59.4 Å². The van der Waals surface area contributed by atoms with Crippen molar-refractivity contribution in [3.8, 4) is 5.75 Å². The first-order valence-electron chi connectivity index (χ1n) is 13.0. The molecule has 3 aromatic rings. The number of benzene rings is 2. The summed E-state index contributed by atoms with van der Waals surface area (Å²) >= 11 is 0. The summed E-state index contributed by atoms with van der Waals surface area (Å²) in [4.78, 5) is 23.0. The van der Waals surface area contributed by atoms with Crippen LogP contribution < -0.4 is 15.4 Å². The second kappa shape index (κ2) is 12.6. The van der Waals surface area contributed by atoms with Crippen LogP contribution in [0.3, 0.4) is 0 Å². The van der Waals surface area contributed by atoms with Crippen LogP contribution in [0.2, 0.25) is 0 Å². The summed E-state index contributed by atoms with van der Waals surface area (Å²) in [7, 11) is 1.65. The lowest BCUT2D eigenvalue weighted by Gasteiger charge is -2.31. The number of amides is 1. The predicted octanol–water partition coefficient (Wildman–Crippen LogP) is 5.70. The van der Waals surface area contributed by atoms with Crippen molar-refractivity contribution in [1.82, 2.24) is 5.32 Å². The predicted molar refractivity (Wildman–Crippen MR) is 142 cm³/mol. The number of aliphatic carboxylic acids is 1. The zero-order valence-corrected chi connectivity index (χ0v) is 21.5. The molecule has 0 bridgehead atoms. The van der Waals surface area contributed by atoms with E-state index in [4.69, 9.17) is 19.0 Å². The van der Waals surface area contributed by atoms with E-state index in [2.05, 4.69) is 17.6 Å². The average molecular weight is 509 g/mol. The molecular formula is C29H36N2O6. The minimum atomic E-state index is -0.940. The molecule has 37 heavy (non-hydrogen) atoms. The number of ether oxygens (including phenoxy) is 2. The molecule has 0 radical (unpaired) electrons.